The first-order valence-electron chi connectivity index (χ1n) is 7.03. The lowest BCUT2D eigenvalue weighted by atomic mass is 10.2. The van der Waals surface area contributed by atoms with Crippen LogP contribution < -0.4 is 15.4 Å². The van der Waals surface area contributed by atoms with Crippen LogP contribution in [0.15, 0.2) is 45.2 Å². The molecule has 22 heavy (non-hydrogen) atoms. The maximum atomic E-state index is 5.15. The lowest BCUT2D eigenvalue weighted by Crippen LogP contribution is -2.37. The summed E-state index contributed by atoms with van der Waals surface area (Å²) in [6, 6.07) is 12.2. The molecular weight excluding hydrogens is 362 g/mol. The van der Waals surface area contributed by atoms with E-state index in [4.69, 9.17) is 4.74 Å². The first kappa shape index (κ1) is 16.8. The Kier molecular flexibility index (Phi) is 6.74. The summed E-state index contributed by atoms with van der Waals surface area (Å²) in [6.45, 7) is 1.59. The number of thiophene rings is 1. The van der Waals surface area contributed by atoms with Crippen molar-refractivity contribution in [1.29, 1.82) is 0 Å². The molecule has 0 radical (unpaired) electrons. The minimum Gasteiger partial charge on any atom is -0.497 e. The summed E-state index contributed by atoms with van der Waals surface area (Å²) < 4.78 is 6.32. The lowest BCUT2D eigenvalue weighted by Gasteiger charge is -2.11. The summed E-state index contributed by atoms with van der Waals surface area (Å²) >= 11 is 5.25. The van der Waals surface area contributed by atoms with Gasteiger partial charge < -0.3 is 15.4 Å². The fraction of sp³-hybridized carbons (Fsp3) is 0.312. The van der Waals surface area contributed by atoms with Gasteiger partial charge in [-0.3, -0.25) is 4.99 Å². The predicted molar refractivity (Wildman–Crippen MR) is 96.9 cm³/mol. The summed E-state index contributed by atoms with van der Waals surface area (Å²) in [6.07, 6.45) is 0.986. The Hall–Kier alpha value is -1.53. The molecule has 0 amide bonds. The monoisotopic (exact) mass is 381 g/mol. The van der Waals surface area contributed by atoms with Crippen LogP contribution in [0.4, 0.5) is 0 Å². The Balaban J connectivity index is 1.74. The summed E-state index contributed by atoms with van der Waals surface area (Å²) in [4.78, 5) is 5.59. The third-order valence-electron chi connectivity index (χ3n) is 3.14. The third-order valence-corrected chi connectivity index (χ3v) is 4.82. The number of guanidine groups is 1. The van der Waals surface area contributed by atoms with Crippen molar-refractivity contribution in [2.24, 2.45) is 4.99 Å². The molecule has 4 nitrogen and oxygen atoms in total. The number of aliphatic imine (C=N–C) groups is 1. The summed E-state index contributed by atoms with van der Waals surface area (Å²) in [5.41, 5.74) is 1.19. The molecule has 6 heteroatoms. The standard InChI is InChI=1S/C16H20BrN3OS/c1-18-16(19-10-9-14-7-8-15(17)22-14)20-11-12-3-5-13(21-2)6-4-12/h3-8H,9-11H2,1-2H3,(H2,18,19,20). The Labute approximate surface area is 143 Å². The smallest absolute Gasteiger partial charge is 0.191 e. The van der Waals surface area contributed by atoms with Crippen molar-refractivity contribution in [3.8, 4) is 5.75 Å². The zero-order valence-electron chi connectivity index (χ0n) is 12.7. The number of hydrogen-bond donors (Lipinski definition) is 2. The van der Waals surface area contributed by atoms with Crippen LogP contribution in [0, 0.1) is 0 Å². The Morgan fingerprint density at radius 3 is 2.55 bits per heavy atom. The van der Waals surface area contributed by atoms with Gasteiger partial charge in [-0.2, -0.15) is 0 Å². The average molecular weight is 382 g/mol. The van der Waals surface area contributed by atoms with Gasteiger partial charge in [0.15, 0.2) is 5.96 Å². The van der Waals surface area contributed by atoms with Gasteiger partial charge in [0.1, 0.15) is 5.75 Å². The third kappa shape index (κ3) is 5.35. The second kappa shape index (κ2) is 8.80. The molecule has 2 N–H and O–H groups in total. The van der Waals surface area contributed by atoms with E-state index in [2.05, 4.69) is 43.7 Å². The SMILES string of the molecule is CN=C(NCCc1ccc(Br)s1)NCc1ccc(OC)cc1. The molecule has 0 bridgehead atoms. The number of nitrogens with zero attached hydrogens (tertiary/aromatic N) is 1. The zero-order chi connectivity index (χ0) is 15.8. The van der Waals surface area contributed by atoms with Crippen molar-refractivity contribution in [3.63, 3.8) is 0 Å². The first-order chi connectivity index (χ1) is 10.7. The van der Waals surface area contributed by atoms with Gasteiger partial charge in [0.25, 0.3) is 0 Å². The topological polar surface area (TPSA) is 45.7 Å². The molecule has 0 aliphatic carbocycles. The highest BCUT2D eigenvalue weighted by Crippen LogP contribution is 2.22. The van der Waals surface area contributed by atoms with Crippen molar-refractivity contribution in [3.05, 3.63) is 50.6 Å². The van der Waals surface area contributed by atoms with E-state index < -0.39 is 0 Å². The van der Waals surface area contributed by atoms with Crippen LogP contribution >= 0.6 is 27.3 Å². The second-order valence-corrected chi connectivity index (χ2v) is 7.20. The minimum atomic E-state index is 0.730. The summed E-state index contributed by atoms with van der Waals surface area (Å²) in [7, 11) is 3.45. The number of hydrogen-bond acceptors (Lipinski definition) is 3. The van der Waals surface area contributed by atoms with E-state index in [0.717, 1.165) is 31.2 Å². The molecule has 0 atom stereocenters. The quantitative estimate of drug-likeness (QED) is 0.595. The van der Waals surface area contributed by atoms with Gasteiger partial charge >= 0.3 is 0 Å². The van der Waals surface area contributed by atoms with Crippen molar-refractivity contribution >= 4 is 33.2 Å². The van der Waals surface area contributed by atoms with Gasteiger partial charge in [-0.05, 0) is 52.2 Å². The van der Waals surface area contributed by atoms with Crippen LogP contribution in [0.5, 0.6) is 5.75 Å². The molecule has 118 valence electrons. The zero-order valence-corrected chi connectivity index (χ0v) is 15.1. The molecular formula is C16H20BrN3OS. The van der Waals surface area contributed by atoms with Gasteiger partial charge in [-0.25, -0.2) is 0 Å². The van der Waals surface area contributed by atoms with Crippen LogP contribution in [0.25, 0.3) is 0 Å². The van der Waals surface area contributed by atoms with Crippen molar-refractivity contribution in [2.75, 3.05) is 20.7 Å². The van der Waals surface area contributed by atoms with Crippen LogP contribution in [0.1, 0.15) is 10.4 Å². The van der Waals surface area contributed by atoms with Gasteiger partial charge in [-0.15, -0.1) is 11.3 Å². The summed E-state index contributed by atoms with van der Waals surface area (Å²) in [5, 5.41) is 6.63. The van der Waals surface area contributed by atoms with E-state index in [0.29, 0.717) is 0 Å². The minimum absolute atomic E-state index is 0.730. The van der Waals surface area contributed by atoms with Crippen LogP contribution in [-0.2, 0) is 13.0 Å². The number of methoxy groups -OCH3 is 1. The van der Waals surface area contributed by atoms with E-state index >= 15 is 0 Å². The number of halogens is 1. The van der Waals surface area contributed by atoms with Gasteiger partial charge in [0.2, 0.25) is 0 Å². The number of ether oxygens (including phenoxy) is 1. The van der Waals surface area contributed by atoms with Crippen molar-refractivity contribution < 1.29 is 4.74 Å². The van der Waals surface area contributed by atoms with Crippen molar-refractivity contribution in [2.45, 2.75) is 13.0 Å². The molecule has 2 aromatic rings. The molecule has 0 fully saturated rings. The number of benzene rings is 1. The molecule has 0 unspecified atom stereocenters. The number of rotatable bonds is 6. The maximum absolute atomic E-state index is 5.15. The first-order valence-corrected chi connectivity index (χ1v) is 8.64. The highest BCUT2D eigenvalue weighted by Gasteiger charge is 2.01. The average Bonchev–Trinajstić information content (AvgIpc) is 2.96. The van der Waals surface area contributed by atoms with Gasteiger partial charge in [0.05, 0.1) is 10.9 Å². The van der Waals surface area contributed by atoms with E-state index in [-0.39, 0.29) is 0 Å². The molecule has 0 aliphatic heterocycles. The van der Waals surface area contributed by atoms with E-state index in [1.807, 2.05) is 24.3 Å². The van der Waals surface area contributed by atoms with Gasteiger partial charge in [-0.1, -0.05) is 12.1 Å². The molecule has 2 rings (SSSR count). The van der Waals surface area contributed by atoms with E-state index in [1.165, 1.54) is 14.2 Å². The van der Waals surface area contributed by atoms with Crippen LogP contribution in [-0.4, -0.2) is 26.7 Å². The largest absolute Gasteiger partial charge is 0.497 e. The normalized spacial score (nSPS) is 11.3. The van der Waals surface area contributed by atoms with Crippen LogP contribution in [0.2, 0.25) is 0 Å². The Morgan fingerprint density at radius 1 is 1.18 bits per heavy atom. The molecule has 0 spiro atoms. The molecule has 0 saturated carbocycles. The van der Waals surface area contributed by atoms with E-state index in [9.17, 15) is 0 Å². The molecule has 0 saturated heterocycles. The molecule has 0 aliphatic rings. The lowest BCUT2D eigenvalue weighted by molar-refractivity contribution is 0.414. The molecule has 1 aromatic carbocycles. The van der Waals surface area contributed by atoms with Crippen LogP contribution in [0.3, 0.4) is 0 Å². The number of nitrogens with one attached hydrogen (secondary N) is 2. The fourth-order valence-corrected chi connectivity index (χ4v) is 3.42. The van der Waals surface area contributed by atoms with Crippen molar-refractivity contribution in [1.82, 2.24) is 10.6 Å². The van der Waals surface area contributed by atoms with E-state index in [1.54, 1.807) is 25.5 Å². The second-order valence-electron chi connectivity index (χ2n) is 4.66. The Morgan fingerprint density at radius 2 is 1.95 bits per heavy atom. The predicted octanol–water partition coefficient (Wildman–Crippen LogP) is 3.43. The highest BCUT2D eigenvalue weighted by molar-refractivity contribution is 9.11. The molecule has 1 heterocycles. The Bertz CT molecular complexity index is 610. The van der Waals surface area contributed by atoms with Gasteiger partial charge in [0, 0.05) is 25.0 Å². The fourth-order valence-electron chi connectivity index (χ4n) is 1.94. The highest BCUT2D eigenvalue weighted by atomic mass is 79.9. The maximum Gasteiger partial charge on any atom is 0.191 e. The summed E-state index contributed by atoms with van der Waals surface area (Å²) in [5.74, 6) is 1.68. The molecule has 1 aromatic heterocycles.